The number of fused-ring (bicyclic) bond motifs is 14. The van der Waals surface area contributed by atoms with E-state index in [4.69, 9.17) is 8.83 Å². The highest BCUT2D eigenvalue weighted by atomic mass is 16.3. The van der Waals surface area contributed by atoms with Gasteiger partial charge < -0.3 is 18.0 Å². The Hall–Kier alpha value is -8.57. The molecular formula is C51H25N5O2. The fourth-order valence-electron chi connectivity index (χ4n) is 9.13. The second-order valence-electron chi connectivity index (χ2n) is 14.6. The number of benzene rings is 8. The Morgan fingerprint density at radius 3 is 1.26 bits per heavy atom. The van der Waals surface area contributed by atoms with Crippen LogP contribution in [0.5, 0.6) is 0 Å². The summed E-state index contributed by atoms with van der Waals surface area (Å²) in [5, 5.41) is 39.7. The Bertz CT molecular complexity index is 3670. The van der Waals surface area contributed by atoms with Gasteiger partial charge >= 0.3 is 0 Å². The maximum absolute atomic E-state index is 11.6. The Morgan fingerprint density at radius 2 is 0.793 bits per heavy atom. The van der Waals surface area contributed by atoms with Crippen molar-refractivity contribution in [3.63, 3.8) is 0 Å². The second-order valence-corrected chi connectivity index (χ2v) is 14.6. The third-order valence-electron chi connectivity index (χ3n) is 11.6. The van der Waals surface area contributed by atoms with Crippen molar-refractivity contribution in [2.75, 3.05) is 0 Å². The molecule has 0 bridgehead atoms. The normalized spacial score (nSPS) is 11.7. The smallest absolute Gasteiger partial charge is 0.160 e. The third-order valence-corrected chi connectivity index (χ3v) is 11.6. The first kappa shape index (κ1) is 31.7. The van der Waals surface area contributed by atoms with Crippen LogP contribution in [0.2, 0.25) is 0 Å². The number of para-hydroxylation sites is 4. The van der Waals surface area contributed by atoms with Gasteiger partial charge in [0, 0.05) is 43.1 Å². The van der Waals surface area contributed by atoms with E-state index >= 15 is 0 Å². The lowest BCUT2D eigenvalue weighted by Crippen LogP contribution is -2.05. The predicted octanol–water partition coefficient (Wildman–Crippen LogP) is 13.0. The number of hydrogen-bond donors (Lipinski definition) is 0. The van der Waals surface area contributed by atoms with Crippen molar-refractivity contribution in [2.45, 2.75) is 0 Å². The van der Waals surface area contributed by atoms with Crippen molar-refractivity contribution < 1.29 is 8.83 Å². The Labute approximate surface area is 329 Å². The first-order valence-electron chi connectivity index (χ1n) is 18.8. The van der Waals surface area contributed by atoms with E-state index < -0.39 is 0 Å². The molecule has 0 atom stereocenters. The van der Waals surface area contributed by atoms with Crippen LogP contribution >= 0.6 is 0 Å². The van der Waals surface area contributed by atoms with E-state index in [0.717, 1.165) is 81.9 Å². The maximum atomic E-state index is 11.6. The van der Waals surface area contributed by atoms with Crippen molar-refractivity contribution in [1.29, 1.82) is 15.8 Å². The van der Waals surface area contributed by atoms with Crippen LogP contribution in [0, 0.1) is 34.0 Å². The minimum Gasteiger partial charge on any atom is -0.454 e. The lowest BCUT2D eigenvalue weighted by atomic mass is 9.97. The summed E-state index contributed by atoms with van der Waals surface area (Å²) in [6, 6.07) is 57.2. The lowest BCUT2D eigenvalue weighted by Gasteiger charge is -2.18. The van der Waals surface area contributed by atoms with Crippen LogP contribution in [0.15, 0.2) is 160 Å². The highest BCUT2D eigenvalue weighted by Gasteiger charge is 2.26. The highest BCUT2D eigenvalue weighted by molar-refractivity contribution is 6.23. The van der Waals surface area contributed by atoms with Gasteiger partial charge in [0.15, 0.2) is 11.2 Å². The van der Waals surface area contributed by atoms with Gasteiger partial charge in [-0.25, -0.2) is 0 Å². The van der Waals surface area contributed by atoms with Crippen LogP contribution in [-0.4, -0.2) is 9.13 Å². The summed E-state index contributed by atoms with van der Waals surface area (Å²) in [6.07, 6.45) is 0. The molecule has 0 saturated heterocycles. The minimum absolute atomic E-state index is 0.364. The molecule has 0 unspecified atom stereocenters. The van der Waals surface area contributed by atoms with Gasteiger partial charge in [0.25, 0.3) is 0 Å². The topological polar surface area (TPSA) is 108 Å². The Kier molecular flexibility index (Phi) is 6.41. The molecule has 7 heteroatoms. The average molecular weight is 740 g/mol. The van der Waals surface area contributed by atoms with Gasteiger partial charge in [0.05, 0.1) is 56.7 Å². The molecule has 0 aliphatic rings. The van der Waals surface area contributed by atoms with E-state index in [-0.39, 0.29) is 0 Å². The van der Waals surface area contributed by atoms with Crippen LogP contribution in [0.1, 0.15) is 16.7 Å². The van der Waals surface area contributed by atoms with Crippen LogP contribution < -0.4 is 0 Å². The van der Waals surface area contributed by atoms with Crippen molar-refractivity contribution in [1.82, 2.24) is 9.13 Å². The molecule has 266 valence electrons. The summed E-state index contributed by atoms with van der Waals surface area (Å²) >= 11 is 0. The molecule has 0 aliphatic heterocycles. The van der Waals surface area contributed by atoms with Crippen LogP contribution in [0.4, 0.5) is 0 Å². The van der Waals surface area contributed by atoms with E-state index in [1.165, 1.54) is 0 Å². The van der Waals surface area contributed by atoms with Crippen molar-refractivity contribution in [3.05, 3.63) is 168 Å². The van der Waals surface area contributed by atoms with Crippen molar-refractivity contribution in [3.8, 4) is 40.7 Å². The molecule has 12 aromatic rings. The summed E-state index contributed by atoms with van der Waals surface area (Å²) in [4.78, 5) is 0. The van der Waals surface area contributed by atoms with Gasteiger partial charge in [-0.2, -0.15) is 15.8 Å². The summed E-state index contributed by atoms with van der Waals surface area (Å²) in [7, 11) is 0. The predicted molar refractivity (Wildman–Crippen MR) is 229 cm³/mol. The van der Waals surface area contributed by atoms with Crippen molar-refractivity contribution in [2.24, 2.45) is 0 Å². The molecule has 8 aromatic carbocycles. The standard InChI is InChI=1S/C51H25N5O2/c52-26-29-21-30(27-53)23-31(22-29)32-24-44(55-42-13-5-1-9-33(42)37-17-19-39-35-11-3-7-15-46(35)57-50(39)48(37)55)41(28-54)45(25-32)56-43-14-6-2-10-34(43)38-18-20-40-36-12-4-8-16-47(36)58-51(40)49(38)56/h1-25H. The fourth-order valence-corrected chi connectivity index (χ4v) is 9.13. The molecule has 0 fully saturated rings. The molecule has 4 aromatic heterocycles. The zero-order valence-electron chi connectivity index (χ0n) is 30.5. The molecule has 12 rings (SSSR count). The summed E-state index contributed by atoms with van der Waals surface area (Å²) in [5.74, 6) is 0. The van der Waals surface area contributed by atoms with E-state index in [1.807, 2.05) is 72.8 Å². The van der Waals surface area contributed by atoms with E-state index in [2.05, 4.69) is 88.0 Å². The zero-order valence-corrected chi connectivity index (χ0v) is 30.5. The zero-order chi connectivity index (χ0) is 38.6. The van der Waals surface area contributed by atoms with Crippen LogP contribution in [0.25, 0.3) is 110 Å². The molecule has 58 heavy (non-hydrogen) atoms. The average Bonchev–Trinajstić information content (AvgIpc) is 4.03. The van der Waals surface area contributed by atoms with Crippen LogP contribution in [0.3, 0.4) is 0 Å². The minimum atomic E-state index is 0.364. The molecule has 7 nitrogen and oxygen atoms in total. The molecule has 0 aliphatic carbocycles. The van der Waals surface area contributed by atoms with Crippen molar-refractivity contribution >= 4 is 87.5 Å². The van der Waals surface area contributed by atoms with Gasteiger partial charge in [-0.1, -0.05) is 84.9 Å². The third kappa shape index (κ3) is 4.23. The van der Waals surface area contributed by atoms with Gasteiger partial charge in [0.2, 0.25) is 0 Å². The summed E-state index contributed by atoms with van der Waals surface area (Å²) < 4.78 is 17.7. The molecular weight excluding hydrogens is 715 g/mol. The molecule has 0 spiro atoms. The second kappa shape index (κ2) is 11.7. The number of furan rings is 2. The Morgan fingerprint density at radius 1 is 0.379 bits per heavy atom. The molecule has 0 radical (unpaired) electrons. The van der Waals surface area contributed by atoms with E-state index in [1.54, 1.807) is 18.2 Å². The molecule has 0 N–H and O–H groups in total. The number of aromatic nitrogens is 2. The van der Waals surface area contributed by atoms with Gasteiger partial charge in [-0.05, 0) is 77.9 Å². The lowest BCUT2D eigenvalue weighted by molar-refractivity contribution is 0.671. The molecule has 0 saturated carbocycles. The number of nitriles is 3. The Balaban J connectivity index is 1.30. The van der Waals surface area contributed by atoms with Gasteiger partial charge in [-0.15, -0.1) is 0 Å². The molecule has 4 heterocycles. The molecule has 0 amide bonds. The fraction of sp³-hybridized carbons (Fsp3) is 0. The van der Waals surface area contributed by atoms with E-state index in [9.17, 15) is 15.8 Å². The van der Waals surface area contributed by atoms with Gasteiger partial charge in [-0.3, -0.25) is 0 Å². The first-order valence-corrected chi connectivity index (χ1v) is 18.8. The SMILES string of the molecule is N#Cc1cc(C#N)cc(-c2cc(-n3c4ccccc4c4ccc5c6ccccc6oc5c43)c(C#N)c(-n3c4ccccc4c4ccc5c6ccccc6oc5c43)c2)c1. The van der Waals surface area contributed by atoms with Gasteiger partial charge in [0.1, 0.15) is 22.8 Å². The summed E-state index contributed by atoms with van der Waals surface area (Å²) in [5.41, 5.74) is 10.2. The maximum Gasteiger partial charge on any atom is 0.160 e. The van der Waals surface area contributed by atoms with Crippen LogP contribution in [-0.2, 0) is 0 Å². The highest BCUT2D eigenvalue weighted by Crippen LogP contribution is 2.45. The number of hydrogen-bond acceptors (Lipinski definition) is 5. The summed E-state index contributed by atoms with van der Waals surface area (Å²) in [6.45, 7) is 0. The first-order chi connectivity index (χ1) is 28.6. The quantitative estimate of drug-likeness (QED) is 0.179. The number of rotatable bonds is 3. The monoisotopic (exact) mass is 739 g/mol. The van der Waals surface area contributed by atoms with E-state index in [0.29, 0.717) is 44.8 Å². The number of nitrogens with zero attached hydrogens (tertiary/aromatic N) is 5. The largest absolute Gasteiger partial charge is 0.454 e.